The van der Waals surface area contributed by atoms with Crippen LogP contribution in [0.5, 0.6) is 0 Å². The van der Waals surface area contributed by atoms with Gasteiger partial charge in [-0.3, -0.25) is 0 Å². The molecule has 2 aromatic rings. The van der Waals surface area contributed by atoms with Crippen molar-refractivity contribution in [1.82, 2.24) is 10.1 Å². The third kappa shape index (κ3) is 2.55. The van der Waals surface area contributed by atoms with E-state index in [2.05, 4.69) is 22.4 Å². The molecule has 0 amide bonds. The van der Waals surface area contributed by atoms with Crippen LogP contribution in [0.2, 0.25) is 0 Å². The van der Waals surface area contributed by atoms with Gasteiger partial charge in [-0.2, -0.15) is 4.98 Å². The van der Waals surface area contributed by atoms with Crippen LogP contribution in [0.3, 0.4) is 0 Å². The van der Waals surface area contributed by atoms with Crippen LogP contribution in [0.25, 0.3) is 11.5 Å². The summed E-state index contributed by atoms with van der Waals surface area (Å²) in [6.45, 7) is 2.26. The zero-order valence-electron chi connectivity index (χ0n) is 12.1. The topological polar surface area (TPSA) is 51.0 Å². The van der Waals surface area contributed by atoms with Crippen LogP contribution in [-0.2, 0) is 0 Å². The maximum absolute atomic E-state index is 5.42. The van der Waals surface area contributed by atoms with E-state index in [1.807, 2.05) is 31.3 Å². The first kappa shape index (κ1) is 13.2. The van der Waals surface area contributed by atoms with Crippen molar-refractivity contribution in [2.45, 2.75) is 38.5 Å². The first-order chi connectivity index (χ1) is 9.80. The number of nitrogens with zero attached hydrogens (tertiary/aromatic N) is 2. The van der Waals surface area contributed by atoms with Crippen molar-refractivity contribution in [3.63, 3.8) is 0 Å². The minimum atomic E-state index is 0.481. The van der Waals surface area contributed by atoms with Crippen molar-refractivity contribution in [3.05, 3.63) is 30.1 Å². The highest BCUT2D eigenvalue weighted by Gasteiger charge is 2.28. The molecule has 1 heterocycles. The van der Waals surface area contributed by atoms with Gasteiger partial charge >= 0.3 is 0 Å². The SMILES string of the molecule is CCC1CCC(c2noc(-c3ccc(NC)cc3)n2)C1. The van der Waals surface area contributed by atoms with Gasteiger partial charge in [0.05, 0.1) is 0 Å². The molecule has 1 fully saturated rings. The second-order valence-electron chi connectivity index (χ2n) is 5.57. The fourth-order valence-corrected chi connectivity index (χ4v) is 2.98. The van der Waals surface area contributed by atoms with E-state index in [0.717, 1.165) is 23.0 Å². The van der Waals surface area contributed by atoms with Gasteiger partial charge < -0.3 is 9.84 Å². The molecule has 0 saturated heterocycles. The van der Waals surface area contributed by atoms with Crippen LogP contribution in [-0.4, -0.2) is 17.2 Å². The van der Waals surface area contributed by atoms with Gasteiger partial charge in [0, 0.05) is 24.2 Å². The van der Waals surface area contributed by atoms with Crippen molar-refractivity contribution >= 4 is 5.69 Å². The van der Waals surface area contributed by atoms with Crippen LogP contribution < -0.4 is 5.32 Å². The average Bonchev–Trinajstić information content (AvgIpc) is 3.16. The zero-order chi connectivity index (χ0) is 13.9. The average molecular weight is 271 g/mol. The van der Waals surface area contributed by atoms with Gasteiger partial charge in [-0.25, -0.2) is 0 Å². The predicted octanol–water partition coefficient (Wildman–Crippen LogP) is 4.07. The third-order valence-corrected chi connectivity index (χ3v) is 4.35. The van der Waals surface area contributed by atoms with Gasteiger partial charge in [0.25, 0.3) is 5.89 Å². The van der Waals surface area contributed by atoms with Crippen molar-refractivity contribution in [2.24, 2.45) is 5.92 Å². The molecule has 0 spiro atoms. The lowest BCUT2D eigenvalue weighted by Crippen LogP contribution is -1.97. The molecule has 1 aliphatic carbocycles. The minimum Gasteiger partial charge on any atom is -0.388 e. The molecule has 0 aliphatic heterocycles. The summed E-state index contributed by atoms with van der Waals surface area (Å²) >= 11 is 0. The monoisotopic (exact) mass is 271 g/mol. The Hall–Kier alpha value is -1.84. The predicted molar refractivity (Wildman–Crippen MR) is 79.7 cm³/mol. The Balaban J connectivity index is 1.76. The van der Waals surface area contributed by atoms with Gasteiger partial charge in [0.2, 0.25) is 0 Å². The lowest BCUT2D eigenvalue weighted by Gasteiger charge is -2.04. The lowest BCUT2D eigenvalue weighted by atomic mass is 10.0. The Kier molecular flexibility index (Phi) is 3.72. The van der Waals surface area contributed by atoms with E-state index in [1.54, 1.807) is 0 Å². The summed E-state index contributed by atoms with van der Waals surface area (Å²) in [5, 5.41) is 7.28. The Labute approximate surface area is 119 Å². The molecule has 3 rings (SSSR count). The summed E-state index contributed by atoms with van der Waals surface area (Å²) in [6, 6.07) is 8.04. The summed E-state index contributed by atoms with van der Waals surface area (Å²) in [7, 11) is 1.91. The van der Waals surface area contributed by atoms with E-state index < -0.39 is 0 Å². The first-order valence-electron chi connectivity index (χ1n) is 7.42. The van der Waals surface area contributed by atoms with Crippen molar-refractivity contribution in [3.8, 4) is 11.5 Å². The van der Waals surface area contributed by atoms with E-state index in [9.17, 15) is 0 Å². The van der Waals surface area contributed by atoms with Crippen LogP contribution in [0.1, 0.15) is 44.3 Å². The van der Waals surface area contributed by atoms with Gasteiger partial charge in [-0.15, -0.1) is 0 Å². The van der Waals surface area contributed by atoms with Gasteiger partial charge in [0.15, 0.2) is 5.82 Å². The Morgan fingerprint density at radius 3 is 2.70 bits per heavy atom. The quantitative estimate of drug-likeness (QED) is 0.910. The summed E-state index contributed by atoms with van der Waals surface area (Å²) in [4.78, 5) is 4.59. The van der Waals surface area contributed by atoms with Gasteiger partial charge in [0.1, 0.15) is 0 Å². The standard InChI is InChI=1S/C16H21N3O/c1-3-11-4-5-13(10-11)15-18-16(20-19-15)12-6-8-14(17-2)9-7-12/h6-9,11,13,17H,3-5,10H2,1-2H3. The Morgan fingerprint density at radius 2 is 2.05 bits per heavy atom. The number of aromatic nitrogens is 2. The zero-order valence-corrected chi connectivity index (χ0v) is 12.1. The number of anilines is 1. The molecule has 4 heteroatoms. The van der Waals surface area contributed by atoms with Crippen molar-refractivity contribution in [1.29, 1.82) is 0 Å². The second-order valence-corrected chi connectivity index (χ2v) is 5.57. The molecule has 1 aromatic carbocycles. The summed E-state index contributed by atoms with van der Waals surface area (Å²) in [6.07, 6.45) is 4.94. The Bertz CT molecular complexity index is 561. The van der Waals surface area contributed by atoms with E-state index in [1.165, 1.54) is 25.7 Å². The molecule has 106 valence electrons. The molecule has 0 bridgehead atoms. The molecule has 4 nitrogen and oxygen atoms in total. The summed E-state index contributed by atoms with van der Waals surface area (Å²) in [5.41, 5.74) is 2.06. The largest absolute Gasteiger partial charge is 0.388 e. The molecule has 1 saturated carbocycles. The van der Waals surface area contributed by atoms with Crippen LogP contribution in [0.4, 0.5) is 5.69 Å². The number of hydrogen-bond acceptors (Lipinski definition) is 4. The minimum absolute atomic E-state index is 0.481. The van der Waals surface area contributed by atoms with Crippen LogP contribution >= 0.6 is 0 Å². The molecule has 1 aromatic heterocycles. The Morgan fingerprint density at radius 1 is 1.25 bits per heavy atom. The molecule has 2 atom stereocenters. The molecule has 1 N–H and O–H groups in total. The van der Waals surface area contributed by atoms with Gasteiger partial charge in [-0.1, -0.05) is 18.5 Å². The molecule has 20 heavy (non-hydrogen) atoms. The second kappa shape index (κ2) is 5.65. The van der Waals surface area contributed by atoms with E-state index in [4.69, 9.17) is 4.52 Å². The molecule has 1 aliphatic rings. The maximum Gasteiger partial charge on any atom is 0.257 e. The maximum atomic E-state index is 5.42. The normalized spacial score (nSPS) is 22.1. The molecular weight excluding hydrogens is 250 g/mol. The molecule has 2 unspecified atom stereocenters. The fourth-order valence-electron chi connectivity index (χ4n) is 2.98. The third-order valence-electron chi connectivity index (χ3n) is 4.35. The number of hydrogen-bond donors (Lipinski definition) is 1. The molecule has 0 radical (unpaired) electrons. The number of nitrogens with one attached hydrogen (secondary N) is 1. The summed E-state index contributed by atoms with van der Waals surface area (Å²) in [5.74, 6) is 2.82. The highest BCUT2D eigenvalue weighted by atomic mass is 16.5. The highest BCUT2D eigenvalue weighted by molar-refractivity contribution is 5.58. The van der Waals surface area contributed by atoms with E-state index in [-0.39, 0.29) is 0 Å². The first-order valence-corrected chi connectivity index (χ1v) is 7.42. The highest BCUT2D eigenvalue weighted by Crippen LogP contribution is 2.38. The smallest absolute Gasteiger partial charge is 0.257 e. The van der Waals surface area contributed by atoms with Crippen molar-refractivity contribution in [2.75, 3.05) is 12.4 Å². The number of rotatable bonds is 4. The lowest BCUT2D eigenvalue weighted by molar-refractivity contribution is 0.413. The van der Waals surface area contributed by atoms with Gasteiger partial charge in [-0.05, 0) is 49.4 Å². The molecular formula is C16H21N3O. The van der Waals surface area contributed by atoms with Crippen LogP contribution in [0.15, 0.2) is 28.8 Å². The number of benzene rings is 1. The van der Waals surface area contributed by atoms with Crippen molar-refractivity contribution < 1.29 is 4.52 Å². The fraction of sp³-hybridized carbons (Fsp3) is 0.500. The van der Waals surface area contributed by atoms with E-state index >= 15 is 0 Å². The van der Waals surface area contributed by atoms with Crippen LogP contribution in [0, 0.1) is 5.92 Å². The summed E-state index contributed by atoms with van der Waals surface area (Å²) < 4.78 is 5.42. The van der Waals surface area contributed by atoms with E-state index in [0.29, 0.717) is 11.8 Å².